The van der Waals surface area contributed by atoms with E-state index in [0.717, 1.165) is 42.4 Å². The molecule has 0 fully saturated rings. The van der Waals surface area contributed by atoms with Crippen molar-refractivity contribution >= 4 is 29.3 Å². The maximum absolute atomic E-state index is 11.0. The molecule has 0 atom stereocenters. The second-order valence-corrected chi connectivity index (χ2v) is 6.31. The molecule has 0 unspecified atom stereocenters. The normalized spacial score (nSPS) is 10.8. The Morgan fingerprint density at radius 2 is 2.00 bits per heavy atom. The third-order valence-electron chi connectivity index (χ3n) is 3.15. The Kier molecular flexibility index (Phi) is 6.27. The number of halogens is 1. The number of benzene rings is 1. The molecule has 2 N–H and O–H groups in total. The van der Waals surface area contributed by atoms with Crippen LogP contribution in [0, 0.1) is 0 Å². The topological polar surface area (TPSA) is 73.8 Å². The largest absolute Gasteiger partial charge is 0.369 e. The second kappa shape index (κ2) is 8.19. The molecule has 7 heteroatoms. The summed E-state index contributed by atoms with van der Waals surface area (Å²) in [6, 6.07) is 7.51. The first-order valence-corrected chi connectivity index (χ1v) is 8.58. The molecule has 0 spiro atoms. The number of thioether (sulfide) groups is 1. The zero-order chi connectivity index (χ0) is 15.9. The molecular weight excluding hydrogens is 320 g/mol. The molecule has 1 amide bonds. The number of nitrogens with two attached hydrogens (primary N) is 1. The number of carbonyl (C=O) groups excluding carboxylic acids is 1. The summed E-state index contributed by atoms with van der Waals surface area (Å²) in [5, 5.41) is 9.88. The standard InChI is InChI=1S/C15H19ClN4OS/c1-2-3-4-9-20-14(11-5-7-12(16)8-6-11)18-19-15(20)22-10-13(17)21/h5-8H,2-4,9-10H2,1H3,(H2,17,21). The van der Waals surface area contributed by atoms with Gasteiger partial charge in [-0.2, -0.15) is 0 Å². The molecule has 0 saturated heterocycles. The van der Waals surface area contributed by atoms with Crippen molar-refractivity contribution in [3.8, 4) is 11.4 Å². The highest BCUT2D eigenvalue weighted by Gasteiger charge is 2.14. The van der Waals surface area contributed by atoms with Crippen molar-refractivity contribution in [1.29, 1.82) is 0 Å². The lowest BCUT2D eigenvalue weighted by atomic mass is 10.2. The maximum atomic E-state index is 11.0. The summed E-state index contributed by atoms with van der Waals surface area (Å²) in [5.74, 6) is 0.632. The van der Waals surface area contributed by atoms with Crippen LogP contribution >= 0.6 is 23.4 Å². The molecule has 118 valence electrons. The van der Waals surface area contributed by atoms with Gasteiger partial charge in [0.25, 0.3) is 0 Å². The lowest BCUT2D eigenvalue weighted by Gasteiger charge is -2.09. The van der Waals surface area contributed by atoms with Crippen LogP contribution < -0.4 is 5.73 Å². The van der Waals surface area contributed by atoms with Gasteiger partial charge in [-0.3, -0.25) is 4.79 Å². The molecule has 0 aliphatic heterocycles. The van der Waals surface area contributed by atoms with Crippen LogP contribution in [0.1, 0.15) is 26.2 Å². The van der Waals surface area contributed by atoms with Crippen LogP contribution in [0.3, 0.4) is 0 Å². The molecule has 0 saturated carbocycles. The SMILES string of the molecule is CCCCCn1c(SCC(N)=O)nnc1-c1ccc(Cl)cc1. The Balaban J connectivity index is 2.27. The first kappa shape index (κ1) is 16.8. The fraction of sp³-hybridized carbons (Fsp3) is 0.400. The van der Waals surface area contributed by atoms with Gasteiger partial charge in [0.15, 0.2) is 11.0 Å². The highest BCUT2D eigenvalue weighted by Crippen LogP contribution is 2.25. The van der Waals surface area contributed by atoms with E-state index in [0.29, 0.717) is 5.02 Å². The highest BCUT2D eigenvalue weighted by molar-refractivity contribution is 7.99. The molecule has 1 aromatic heterocycles. The average molecular weight is 339 g/mol. The van der Waals surface area contributed by atoms with Crippen LogP contribution in [0.4, 0.5) is 0 Å². The van der Waals surface area contributed by atoms with Crippen LogP contribution in [0.5, 0.6) is 0 Å². The molecule has 0 bridgehead atoms. The van der Waals surface area contributed by atoms with Gasteiger partial charge in [-0.05, 0) is 30.7 Å². The number of hydrogen-bond donors (Lipinski definition) is 1. The van der Waals surface area contributed by atoms with Crippen molar-refractivity contribution in [3.05, 3.63) is 29.3 Å². The van der Waals surface area contributed by atoms with Gasteiger partial charge in [0.2, 0.25) is 5.91 Å². The highest BCUT2D eigenvalue weighted by atomic mass is 35.5. The van der Waals surface area contributed by atoms with Gasteiger partial charge < -0.3 is 10.3 Å². The van der Waals surface area contributed by atoms with Crippen LogP contribution in [-0.2, 0) is 11.3 Å². The number of nitrogens with zero attached hydrogens (tertiary/aromatic N) is 3. The third kappa shape index (κ3) is 4.48. The lowest BCUT2D eigenvalue weighted by molar-refractivity contribution is -0.115. The zero-order valence-corrected chi connectivity index (χ0v) is 14.0. The zero-order valence-electron chi connectivity index (χ0n) is 12.5. The second-order valence-electron chi connectivity index (χ2n) is 4.93. The van der Waals surface area contributed by atoms with Crippen molar-refractivity contribution in [2.45, 2.75) is 37.9 Å². The van der Waals surface area contributed by atoms with E-state index in [1.54, 1.807) is 0 Å². The Hall–Kier alpha value is -1.53. The van der Waals surface area contributed by atoms with Gasteiger partial charge in [-0.15, -0.1) is 10.2 Å². The van der Waals surface area contributed by atoms with Crippen molar-refractivity contribution in [2.75, 3.05) is 5.75 Å². The minimum Gasteiger partial charge on any atom is -0.369 e. The number of amides is 1. The molecule has 0 aliphatic carbocycles. The van der Waals surface area contributed by atoms with Crippen molar-refractivity contribution in [2.24, 2.45) is 5.73 Å². The van der Waals surface area contributed by atoms with Crippen molar-refractivity contribution in [3.63, 3.8) is 0 Å². The summed E-state index contributed by atoms with van der Waals surface area (Å²) < 4.78 is 2.05. The summed E-state index contributed by atoms with van der Waals surface area (Å²) in [6.07, 6.45) is 3.32. The smallest absolute Gasteiger partial charge is 0.227 e. The lowest BCUT2D eigenvalue weighted by Crippen LogP contribution is -2.14. The van der Waals surface area contributed by atoms with Crippen LogP contribution in [0.2, 0.25) is 5.02 Å². The minimum atomic E-state index is -0.360. The number of rotatable bonds is 8. The summed E-state index contributed by atoms with van der Waals surface area (Å²) in [7, 11) is 0. The molecule has 1 heterocycles. The molecule has 22 heavy (non-hydrogen) atoms. The summed E-state index contributed by atoms with van der Waals surface area (Å²) in [6.45, 7) is 2.98. The minimum absolute atomic E-state index is 0.201. The van der Waals surface area contributed by atoms with Crippen molar-refractivity contribution < 1.29 is 4.79 Å². The predicted molar refractivity (Wildman–Crippen MR) is 89.9 cm³/mol. The monoisotopic (exact) mass is 338 g/mol. The molecule has 2 aromatic rings. The Morgan fingerprint density at radius 1 is 1.27 bits per heavy atom. The van der Waals surface area contributed by atoms with E-state index in [4.69, 9.17) is 17.3 Å². The van der Waals surface area contributed by atoms with E-state index in [1.165, 1.54) is 11.8 Å². The van der Waals surface area contributed by atoms with Gasteiger partial charge >= 0.3 is 0 Å². The quantitative estimate of drug-likeness (QED) is 0.591. The van der Waals surface area contributed by atoms with E-state index < -0.39 is 0 Å². The first-order valence-electron chi connectivity index (χ1n) is 7.22. The number of aromatic nitrogens is 3. The fourth-order valence-corrected chi connectivity index (χ4v) is 2.89. The number of unbranched alkanes of at least 4 members (excludes halogenated alkanes) is 2. The van der Waals surface area contributed by atoms with E-state index in [9.17, 15) is 4.79 Å². The van der Waals surface area contributed by atoms with E-state index >= 15 is 0 Å². The Labute approximate surface area is 139 Å². The van der Waals surface area contributed by atoms with Crippen LogP contribution in [0.25, 0.3) is 11.4 Å². The van der Waals surface area contributed by atoms with Gasteiger partial charge in [0.05, 0.1) is 5.75 Å². The summed E-state index contributed by atoms with van der Waals surface area (Å²) in [5.41, 5.74) is 6.17. The first-order chi connectivity index (χ1) is 10.6. The average Bonchev–Trinajstić information content (AvgIpc) is 2.89. The fourth-order valence-electron chi connectivity index (χ4n) is 2.07. The number of carbonyl (C=O) groups is 1. The Bertz CT molecular complexity index is 627. The van der Waals surface area contributed by atoms with Gasteiger partial charge in [0, 0.05) is 17.1 Å². The maximum Gasteiger partial charge on any atom is 0.227 e. The van der Waals surface area contributed by atoms with E-state index in [1.807, 2.05) is 28.8 Å². The molecule has 1 aromatic carbocycles. The molecular formula is C15H19ClN4OS. The number of hydrogen-bond acceptors (Lipinski definition) is 4. The Morgan fingerprint density at radius 3 is 2.64 bits per heavy atom. The summed E-state index contributed by atoms with van der Waals surface area (Å²) >= 11 is 7.25. The molecule has 5 nitrogen and oxygen atoms in total. The summed E-state index contributed by atoms with van der Waals surface area (Å²) in [4.78, 5) is 11.0. The van der Waals surface area contributed by atoms with Crippen LogP contribution in [-0.4, -0.2) is 26.4 Å². The van der Waals surface area contributed by atoms with E-state index in [2.05, 4.69) is 17.1 Å². The molecule has 2 rings (SSSR count). The van der Waals surface area contributed by atoms with Gasteiger partial charge in [-0.1, -0.05) is 43.1 Å². The van der Waals surface area contributed by atoms with E-state index in [-0.39, 0.29) is 11.7 Å². The third-order valence-corrected chi connectivity index (χ3v) is 4.39. The molecule has 0 radical (unpaired) electrons. The van der Waals surface area contributed by atoms with Gasteiger partial charge in [-0.25, -0.2) is 0 Å². The predicted octanol–water partition coefficient (Wildman–Crippen LogP) is 3.37. The number of primary amides is 1. The van der Waals surface area contributed by atoms with Crippen LogP contribution in [0.15, 0.2) is 29.4 Å². The molecule has 0 aliphatic rings. The van der Waals surface area contributed by atoms with Gasteiger partial charge in [0.1, 0.15) is 0 Å². The van der Waals surface area contributed by atoms with Crippen molar-refractivity contribution in [1.82, 2.24) is 14.8 Å².